The van der Waals surface area contributed by atoms with Crippen LogP contribution in [0.2, 0.25) is 0 Å². The lowest BCUT2D eigenvalue weighted by atomic mass is 9.99. The van der Waals surface area contributed by atoms with E-state index in [0.29, 0.717) is 16.8 Å². The summed E-state index contributed by atoms with van der Waals surface area (Å²) in [6.45, 7) is 2.64. The zero-order chi connectivity index (χ0) is 14.5. The molecule has 0 atom stereocenters. The van der Waals surface area contributed by atoms with Crippen LogP contribution >= 0.6 is 15.9 Å². The molecule has 0 saturated carbocycles. The summed E-state index contributed by atoms with van der Waals surface area (Å²) >= 11 is 3.32. The van der Waals surface area contributed by atoms with Crippen molar-refractivity contribution < 1.29 is 9.66 Å². The molecule has 1 aliphatic heterocycles. The molecule has 1 aliphatic rings. The molecule has 2 rings (SSSR count). The van der Waals surface area contributed by atoms with Crippen molar-refractivity contribution in [3.8, 4) is 0 Å². The number of halogens is 1. The van der Waals surface area contributed by atoms with Crippen LogP contribution < -0.4 is 4.90 Å². The summed E-state index contributed by atoms with van der Waals surface area (Å²) in [4.78, 5) is 12.8. The second-order valence-electron chi connectivity index (χ2n) is 5.14. The lowest BCUT2D eigenvalue weighted by Gasteiger charge is -2.28. The second-order valence-corrected chi connectivity index (χ2v) is 5.70. The minimum absolute atomic E-state index is 0.171. The standard InChI is InChI=1S/C14H19BrN2O3/c1-16(10-11-4-6-20-7-5-11)13-2-3-14(17(18)19)12(8-13)9-15/h2-3,8,11H,4-7,9-10H2,1H3. The SMILES string of the molecule is CN(CC1CCOCC1)c1ccc([N+](=O)[O-])c(CBr)c1. The molecule has 1 saturated heterocycles. The summed E-state index contributed by atoms with van der Waals surface area (Å²) < 4.78 is 5.37. The molecule has 110 valence electrons. The Morgan fingerprint density at radius 1 is 1.45 bits per heavy atom. The normalized spacial score (nSPS) is 16.1. The zero-order valence-electron chi connectivity index (χ0n) is 11.5. The number of hydrogen-bond acceptors (Lipinski definition) is 4. The van der Waals surface area contributed by atoms with Gasteiger partial charge in [0.15, 0.2) is 0 Å². The van der Waals surface area contributed by atoms with E-state index in [1.807, 2.05) is 19.2 Å². The van der Waals surface area contributed by atoms with E-state index in [-0.39, 0.29) is 10.6 Å². The fourth-order valence-corrected chi connectivity index (χ4v) is 2.97. The largest absolute Gasteiger partial charge is 0.381 e. The number of alkyl halides is 1. The van der Waals surface area contributed by atoms with E-state index < -0.39 is 0 Å². The summed E-state index contributed by atoms with van der Waals surface area (Å²) in [5.41, 5.74) is 1.91. The first-order valence-corrected chi connectivity index (χ1v) is 7.86. The summed E-state index contributed by atoms with van der Waals surface area (Å²) in [6, 6.07) is 5.31. The van der Waals surface area contributed by atoms with Crippen molar-refractivity contribution in [2.45, 2.75) is 18.2 Å². The van der Waals surface area contributed by atoms with E-state index in [2.05, 4.69) is 20.8 Å². The molecule has 0 spiro atoms. The Labute approximate surface area is 127 Å². The molecular weight excluding hydrogens is 324 g/mol. The predicted octanol–water partition coefficient (Wildman–Crippen LogP) is 3.35. The molecule has 1 aromatic rings. The van der Waals surface area contributed by atoms with Gasteiger partial charge in [0, 0.05) is 49.5 Å². The maximum Gasteiger partial charge on any atom is 0.273 e. The van der Waals surface area contributed by atoms with Crippen molar-refractivity contribution in [1.82, 2.24) is 0 Å². The van der Waals surface area contributed by atoms with Crippen molar-refractivity contribution in [1.29, 1.82) is 0 Å². The van der Waals surface area contributed by atoms with E-state index in [4.69, 9.17) is 4.74 Å². The van der Waals surface area contributed by atoms with Gasteiger partial charge in [-0.15, -0.1) is 0 Å². The Balaban J connectivity index is 2.09. The van der Waals surface area contributed by atoms with Gasteiger partial charge in [0.25, 0.3) is 5.69 Å². The highest BCUT2D eigenvalue weighted by atomic mass is 79.9. The minimum atomic E-state index is -0.334. The molecule has 0 radical (unpaired) electrons. The second kappa shape index (κ2) is 7.04. The van der Waals surface area contributed by atoms with E-state index >= 15 is 0 Å². The quantitative estimate of drug-likeness (QED) is 0.467. The molecule has 0 bridgehead atoms. The molecule has 0 aliphatic carbocycles. The van der Waals surface area contributed by atoms with Crippen molar-refractivity contribution in [3.63, 3.8) is 0 Å². The molecule has 20 heavy (non-hydrogen) atoms. The monoisotopic (exact) mass is 342 g/mol. The predicted molar refractivity (Wildman–Crippen MR) is 82.5 cm³/mol. The number of ether oxygens (including phenoxy) is 1. The van der Waals surface area contributed by atoms with Crippen LogP contribution in [0, 0.1) is 16.0 Å². The Morgan fingerprint density at radius 3 is 2.75 bits per heavy atom. The van der Waals surface area contributed by atoms with E-state index in [0.717, 1.165) is 38.3 Å². The number of anilines is 1. The van der Waals surface area contributed by atoms with Crippen molar-refractivity contribution >= 4 is 27.3 Å². The maximum absolute atomic E-state index is 10.9. The van der Waals surface area contributed by atoms with Crippen molar-refractivity contribution in [2.75, 3.05) is 31.7 Å². The van der Waals surface area contributed by atoms with Crippen LogP contribution in [0.1, 0.15) is 18.4 Å². The van der Waals surface area contributed by atoms with Gasteiger partial charge in [0.05, 0.1) is 4.92 Å². The van der Waals surface area contributed by atoms with Gasteiger partial charge in [-0.25, -0.2) is 0 Å². The van der Waals surface area contributed by atoms with Crippen LogP contribution in [0.15, 0.2) is 18.2 Å². The molecule has 0 aromatic heterocycles. The number of hydrogen-bond donors (Lipinski definition) is 0. The highest BCUT2D eigenvalue weighted by Crippen LogP contribution is 2.27. The highest BCUT2D eigenvalue weighted by molar-refractivity contribution is 9.08. The summed E-state index contributed by atoms with van der Waals surface area (Å²) in [7, 11) is 2.04. The van der Waals surface area contributed by atoms with Crippen molar-refractivity contribution in [3.05, 3.63) is 33.9 Å². The Hall–Kier alpha value is -1.14. The van der Waals surface area contributed by atoms with Gasteiger partial charge in [0.2, 0.25) is 0 Å². The van der Waals surface area contributed by atoms with E-state index in [9.17, 15) is 10.1 Å². The maximum atomic E-state index is 10.9. The summed E-state index contributed by atoms with van der Waals surface area (Å²) in [6.07, 6.45) is 2.17. The van der Waals surface area contributed by atoms with Gasteiger partial charge in [-0.1, -0.05) is 15.9 Å². The lowest BCUT2D eigenvalue weighted by molar-refractivity contribution is -0.385. The van der Waals surface area contributed by atoms with Gasteiger partial charge in [-0.05, 0) is 30.9 Å². The fraction of sp³-hybridized carbons (Fsp3) is 0.571. The molecule has 0 amide bonds. The van der Waals surface area contributed by atoms with E-state index in [1.54, 1.807) is 6.07 Å². The third-order valence-corrected chi connectivity index (χ3v) is 4.32. The smallest absolute Gasteiger partial charge is 0.273 e. The summed E-state index contributed by atoms with van der Waals surface area (Å²) in [5, 5.41) is 11.4. The Morgan fingerprint density at radius 2 is 2.15 bits per heavy atom. The van der Waals surface area contributed by atoms with Gasteiger partial charge < -0.3 is 9.64 Å². The number of nitro groups is 1. The lowest BCUT2D eigenvalue weighted by Crippen LogP contribution is -2.29. The van der Waals surface area contributed by atoms with Crippen LogP contribution in [-0.2, 0) is 10.1 Å². The zero-order valence-corrected chi connectivity index (χ0v) is 13.1. The number of rotatable bonds is 5. The summed E-state index contributed by atoms with van der Waals surface area (Å²) in [5.74, 6) is 0.636. The third kappa shape index (κ3) is 3.70. The molecule has 1 fully saturated rings. The molecule has 5 nitrogen and oxygen atoms in total. The first-order chi connectivity index (χ1) is 9.61. The first-order valence-electron chi connectivity index (χ1n) is 6.74. The van der Waals surface area contributed by atoms with Gasteiger partial charge in [-0.2, -0.15) is 0 Å². The topological polar surface area (TPSA) is 55.6 Å². The molecular formula is C14H19BrN2O3. The Kier molecular flexibility index (Phi) is 5.37. The number of nitrogens with zero attached hydrogens (tertiary/aromatic N) is 2. The van der Waals surface area contributed by atoms with Crippen LogP contribution in [0.4, 0.5) is 11.4 Å². The molecule has 0 N–H and O–H groups in total. The van der Waals surface area contributed by atoms with Crippen LogP contribution in [-0.4, -0.2) is 31.7 Å². The van der Waals surface area contributed by atoms with Gasteiger partial charge in [0.1, 0.15) is 0 Å². The fourth-order valence-electron chi connectivity index (χ4n) is 2.52. The molecule has 1 heterocycles. The van der Waals surface area contributed by atoms with Crippen LogP contribution in [0.5, 0.6) is 0 Å². The number of benzene rings is 1. The Bertz CT molecular complexity index is 475. The minimum Gasteiger partial charge on any atom is -0.381 e. The first kappa shape index (κ1) is 15.3. The van der Waals surface area contributed by atoms with Gasteiger partial charge >= 0.3 is 0 Å². The third-order valence-electron chi connectivity index (χ3n) is 3.72. The molecule has 0 unspecified atom stereocenters. The van der Waals surface area contributed by atoms with Crippen molar-refractivity contribution in [2.24, 2.45) is 5.92 Å². The molecule has 6 heteroatoms. The average molecular weight is 343 g/mol. The molecule has 1 aromatic carbocycles. The highest BCUT2D eigenvalue weighted by Gasteiger charge is 2.18. The van der Waals surface area contributed by atoms with Gasteiger partial charge in [-0.3, -0.25) is 10.1 Å². The average Bonchev–Trinajstić information content (AvgIpc) is 2.47. The number of nitro benzene ring substituents is 1. The van der Waals surface area contributed by atoms with Crippen LogP contribution in [0.25, 0.3) is 0 Å². The van der Waals surface area contributed by atoms with Crippen LogP contribution in [0.3, 0.4) is 0 Å². The van der Waals surface area contributed by atoms with E-state index in [1.165, 1.54) is 0 Å².